The summed E-state index contributed by atoms with van der Waals surface area (Å²) in [6.07, 6.45) is 1.53. The van der Waals surface area contributed by atoms with Gasteiger partial charge in [0.05, 0.1) is 25.8 Å². The Morgan fingerprint density at radius 3 is 2.83 bits per heavy atom. The van der Waals surface area contributed by atoms with Gasteiger partial charge in [-0.1, -0.05) is 6.08 Å². The van der Waals surface area contributed by atoms with Gasteiger partial charge in [0, 0.05) is 7.11 Å². The third-order valence-corrected chi connectivity index (χ3v) is 2.61. The van der Waals surface area contributed by atoms with Gasteiger partial charge >= 0.3 is 5.97 Å². The molecule has 0 bridgehead atoms. The van der Waals surface area contributed by atoms with Crippen LogP contribution in [0.5, 0.6) is 0 Å². The van der Waals surface area contributed by atoms with Crippen LogP contribution in [0.1, 0.15) is 6.92 Å². The van der Waals surface area contributed by atoms with E-state index in [9.17, 15) is 14.7 Å². The van der Waals surface area contributed by atoms with Gasteiger partial charge in [0.25, 0.3) is 5.91 Å². The molecule has 1 aliphatic heterocycles. The third-order valence-electron chi connectivity index (χ3n) is 2.61. The number of rotatable bonds is 6. The maximum atomic E-state index is 11.8. The van der Waals surface area contributed by atoms with Gasteiger partial charge in [-0.3, -0.25) is 4.79 Å². The number of aliphatic hydroxyl groups excluding tert-OH is 1. The average molecular weight is 255 g/mol. The number of esters is 1. The number of ether oxygens (including phenoxy) is 2. The van der Waals surface area contributed by atoms with Crippen molar-refractivity contribution in [2.75, 3.05) is 26.9 Å². The van der Waals surface area contributed by atoms with Gasteiger partial charge in [0.15, 0.2) is 5.76 Å². The van der Waals surface area contributed by atoms with Gasteiger partial charge in [0.2, 0.25) is 0 Å². The Morgan fingerprint density at radius 1 is 1.67 bits per heavy atom. The van der Waals surface area contributed by atoms with Crippen molar-refractivity contribution in [3.63, 3.8) is 0 Å². The lowest BCUT2D eigenvalue weighted by Crippen LogP contribution is -2.39. The molecule has 1 heterocycles. The van der Waals surface area contributed by atoms with Gasteiger partial charge in [-0.15, -0.1) is 6.58 Å². The average Bonchev–Trinajstić information content (AvgIpc) is 2.64. The molecule has 100 valence electrons. The highest BCUT2D eigenvalue weighted by Crippen LogP contribution is 2.21. The van der Waals surface area contributed by atoms with Gasteiger partial charge in [-0.2, -0.15) is 0 Å². The minimum absolute atomic E-state index is 0.00352. The van der Waals surface area contributed by atoms with Crippen molar-refractivity contribution < 1.29 is 24.2 Å². The smallest absolute Gasteiger partial charge is 0.339 e. The first kappa shape index (κ1) is 14.2. The van der Waals surface area contributed by atoms with E-state index in [1.54, 1.807) is 6.92 Å². The van der Waals surface area contributed by atoms with Crippen molar-refractivity contribution in [1.82, 2.24) is 4.90 Å². The lowest BCUT2D eigenvalue weighted by atomic mass is 10.2. The molecule has 6 nitrogen and oxygen atoms in total. The standard InChI is InChI=1S/C12H17NO5/c1-4-8(7-17-3)13-6-9(10(14)11(13)15)12(16)18-5-2/h4,8,14H,1,5-7H2,2-3H3/t8-/m1/s1. The molecule has 0 fully saturated rings. The normalized spacial score (nSPS) is 17.0. The van der Waals surface area contributed by atoms with Crippen molar-refractivity contribution in [1.29, 1.82) is 0 Å². The zero-order chi connectivity index (χ0) is 13.7. The van der Waals surface area contributed by atoms with Crippen LogP contribution in [0.15, 0.2) is 24.0 Å². The molecule has 0 aliphatic carbocycles. The molecular weight excluding hydrogens is 238 g/mol. The molecule has 0 spiro atoms. The fraction of sp³-hybridized carbons (Fsp3) is 0.500. The highest BCUT2D eigenvalue weighted by molar-refractivity contribution is 6.05. The van der Waals surface area contributed by atoms with Crippen molar-refractivity contribution in [3.05, 3.63) is 24.0 Å². The highest BCUT2D eigenvalue weighted by atomic mass is 16.5. The molecule has 18 heavy (non-hydrogen) atoms. The van der Waals surface area contributed by atoms with Crippen LogP contribution in [0.3, 0.4) is 0 Å². The molecule has 0 radical (unpaired) electrons. The molecule has 1 atom stereocenters. The largest absolute Gasteiger partial charge is 0.503 e. The molecule has 0 saturated carbocycles. The first-order valence-corrected chi connectivity index (χ1v) is 5.58. The van der Waals surface area contributed by atoms with Crippen molar-refractivity contribution in [3.8, 4) is 0 Å². The lowest BCUT2D eigenvalue weighted by molar-refractivity contribution is -0.138. The van der Waals surface area contributed by atoms with Crippen LogP contribution >= 0.6 is 0 Å². The number of amides is 1. The first-order chi connectivity index (χ1) is 8.56. The van der Waals surface area contributed by atoms with Crippen molar-refractivity contribution in [2.24, 2.45) is 0 Å². The summed E-state index contributed by atoms with van der Waals surface area (Å²) in [6.45, 7) is 5.69. The summed E-state index contributed by atoms with van der Waals surface area (Å²) in [5.74, 6) is -1.84. The van der Waals surface area contributed by atoms with Gasteiger partial charge < -0.3 is 19.5 Å². The fourth-order valence-corrected chi connectivity index (χ4v) is 1.69. The molecule has 0 aromatic rings. The van der Waals surface area contributed by atoms with Crippen LogP contribution in [0.2, 0.25) is 0 Å². The molecule has 6 heteroatoms. The zero-order valence-corrected chi connectivity index (χ0v) is 10.5. The van der Waals surface area contributed by atoms with Gasteiger partial charge in [-0.25, -0.2) is 4.79 Å². The number of carbonyl (C=O) groups is 2. The first-order valence-electron chi connectivity index (χ1n) is 5.58. The molecule has 1 aliphatic rings. The Hall–Kier alpha value is -1.82. The van der Waals surface area contributed by atoms with Gasteiger partial charge in [-0.05, 0) is 6.92 Å². The summed E-state index contributed by atoms with van der Waals surface area (Å²) in [7, 11) is 1.50. The van der Waals surface area contributed by atoms with E-state index in [1.807, 2.05) is 0 Å². The number of aliphatic hydroxyl groups is 1. The van der Waals surface area contributed by atoms with Crippen LogP contribution in [-0.2, 0) is 19.1 Å². The van der Waals surface area contributed by atoms with E-state index < -0.39 is 23.7 Å². The fourth-order valence-electron chi connectivity index (χ4n) is 1.69. The van der Waals surface area contributed by atoms with Crippen LogP contribution in [-0.4, -0.2) is 54.8 Å². The number of nitrogens with zero attached hydrogens (tertiary/aromatic N) is 1. The van der Waals surface area contributed by atoms with Crippen LogP contribution in [0.4, 0.5) is 0 Å². The van der Waals surface area contributed by atoms with Crippen molar-refractivity contribution >= 4 is 11.9 Å². The third kappa shape index (κ3) is 2.70. The zero-order valence-electron chi connectivity index (χ0n) is 10.5. The van der Waals surface area contributed by atoms with E-state index in [-0.39, 0.29) is 25.3 Å². The molecule has 1 amide bonds. The highest BCUT2D eigenvalue weighted by Gasteiger charge is 2.37. The summed E-state index contributed by atoms with van der Waals surface area (Å²) in [4.78, 5) is 24.7. The van der Waals surface area contributed by atoms with E-state index in [0.29, 0.717) is 0 Å². The predicted octanol–water partition coefficient (Wildman–Crippen LogP) is 0.405. The molecule has 0 saturated heterocycles. The van der Waals surface area contributed by atoms with Crippen LogP contribution in [0.25, 0.3) is 0 Å². The molecule has 1 N–H and O–H groups in total. The topological polar surface area (TPSA) is 76.1 Å². The molecule has 1 rings (SSSR count). The lowest BCUT2D eigenvalue weighted by Gasteiger charge is -2.24. The number of methoxy groups -OCH3 is 1. The van der Waals surface area contributed by atoms with E-state index in [4.69, 9.17) is 9.47 Å². The number of hydrogen-bond acceptors (Lipinski definition) is 5. The minimum Gasteiger partial charge on any atom is -0.503 e. The monoisotopic (exact) mass is 255 g/mol. The summed E-state index contributed by atoms with van der Waals surface area (Å²) >= 11 is 0. The van der Waals surface area contributed by atoms with Crippen molar-refractivity contribution in [2.45, 2.75) is 13.0 Å². The van der Waals surface area contributed by atoms with E-state index in [0.717, 1.165) is 0 Å². The van der Waals surface area contributed by atoms with E-state index >= 15 is 0 Å². The second kappa shape index (κ2) is 6.20. The summed E-state index contributed by atoms with van der Waals surface area (Å²) in [6, 6.07) is -0.392. The second-order valence-electron chi connectivity index (χ2n) is 3.74. The Morgan fingerprint density at radius 2 is 2.33 bits per heavy atom. The molecule has 0 unspecified atom stereocenters. The number of hydrogen-bond donors (Lipinski definition) is 1. The van der Waals surface area contributed by atoms with E-state index in [2.05, 4.69) is 6.58 Å². The molecule has 0 aromatic carbocycles. The summed E-state index contributed by atoms with van der Waals surface area (Å²) in [5.41, 5.74) is -0.0233. The Labute approximate surface area is 105 Å². The maximum absolute atomic E-state index is 11.8. The predicted molar refractivity (Wildman–Crippen MR) is 63.9 cm³/mol. The Kier molecular flexibility index (Phi) is 4.91. The second-order valence-corrected chi connectivity index (χ2v) is 3.74. The van der Waals surface area contributed by atoms with Crippen LogP contribution in [0, 0.1) is 0 Å². The Balaban J connectivity index is 2.85. The Bertz CT molecular complexity index is 388. The number of carbonyl (C=O) groups excluding carboxylic acids is 2. The molecular formula is C12H17NO5. The molecule has 0 aromatic heterocycles. The summed E-state index contributed by atoms with van der Waals surface area (Å²) < 4.78 is 9.73. The SMILES string of the molecule is C=C[C@H](COC)N1CC(C(=O)OCC)=C(O)C1=O. The van der Waals surface area contributed by atoms with Gasteiger partial charge in [0.1, 0.15) is 5.57 Å². The maximum Gasteiger partial charge on any atom is 0.339 e. The summed E-state index contributed by atoms with van der Waals surface area (Å²) in [5, 5.41) is 9.65. The quantitative estimate of drug-likeness (QED) is 0.549. The van der Waals surface area contributed by atoms with Crippen LogP contribution < -0.4 is 0 Å². The van der Waals surface area contributed by atoms with E-state index in [1.165, 1.54) is 18.1 Å². The minimum atomic E-state index is -0.675.